The number of nitrogens with zero attached hydrogens (tertiary/aromatic N) is 1. The summed E-state index contributed by atoms with van der Waals surface area (Å²) in [6.07, 6.45) is 0. The molecule has 268 valence electrons. The summed E-state index contributed by atoms with van der Waals surface area (Å²) in [6.45, 7) is 0. The predicted molar refractivity (Wildman–Crippen MR) is 236 cm³/mol. The van der Waals surface area contributed by atoms with Crippen LogP contribution in [0.25, 0.3) is 22.3 Å². The SMILES string of the molecule is c1ccc(N(c2ccc3c(c2)C(c2ccccc2)(c2ccccc2)c2ccccc2-3)c2cccc3c2-c2ccccc2C3(c2ccccc2)c2ccccc2)cc1. The first-order valence-electron chi connectivity index (χ1n) is 19.9. The van der Waals surface area contributed by atoms with Gasteiger partial charge in [-0.25, -0.2) is 0 Å². The Labute approximate surface area is 334 Å². The van der Waals surface area contributed by atoms with Gasteiger partial charge in [0.05, 0.1) is 16.5 Å². The maximum absolute atomic E-state index is 2.49. The van der Waals surface area contributed by atoms with E-state index in [-0.39, 0.29) is 0 Å². The standard InChI is InChI=1S/C56H39N/c1-6-21-40(22-7-1)55(41-23-8-2-9-24-41)50-34-19-17-32-48(50)54-51(55)35-20-36-53(54)57(44-29-14-5-15-30-44)45-37-38-47-46-31-16-18-33-49(46)56(52(47)39-45,42-25-10-3-11-26-42)43-27-12-4-13-28-43/h1-39H. The molecule has 1 heteroatoms. The van der Waals surface area contributed by atoms with Gasteiger partial charge in [0.25, 0.3) is 0 Å². The molecule has 0 unspecified atom stereocenters. The van der Waals surface area contributed by atoms with Crippen LogP contribution in [0.15, 0.2) is 237 Å². The molecule has 0 atom stereocenters. The van der Waals surface area contributed by atoms with Gasteiger partial charge in [0.15, 0.2) is 0 Å². The van der Waals surface area contributed by atoms with Gasteiger partial charge in [-0.3, -0.25) is 0 Å². The van der Waals surface area contributed by atoms with Crippen molar-refractivity contribution in [1.82, 2.24) is 0 Å². The van der Waals surface area contributed by atoms with Crippen molar-refractivity contribution in [3.63, 3.8) is 0 Å². The van der Waals surface area contributed by atoms with E-state index in [0.717, 1.165) is 17.1 Å². The molecule has 0 bridgehead atoms. The molecule has 9 aromatic carbocycles. The van der Waals surface area contributed by atoms with Gasteiger partial charge in [-0.1, -0.05) is 206 Å². The maximum Gasteiger partial charge on any atom is 0.0714 e. The second kappa shape index (κ2) is 13.2. The molecule has 0 N–H and O–H groups in total. The zero-order chi connectivity index (χ0) is 37.8. The largest absolute Gasteiger partial charge is 0.310 e. The van der Waals surface area contributed by atoms with Crippen LogP contribution in [0.1, 0.15) is 44.5 Å². The number of fused-ring (bicyclic) bond motifs is 6. The maximum atomic E-state index is 2.49. The number of anilines is 3. The monoisotopic (exact) mass is 725 g/mol. The fourth-order valence-corrected chi connectivity index (χ4v) is 10.2. The minimum atomic E-state index is -0.506. The van der Waals surface area contributed by atoms with Crippen LogP contribution >= 0.6 is 0 Å². The quantitative estimate of drug-likeness (QED) is 0.158. The molecule has 0 aromatic heterocycles. The highest BCUT2D eigenvalue weighted by Crippen LogP contribution is 2.61. The second-order valence-electron chi connectivity index (χ2n) is 15.2. The van der Waals surface area contributed by atoms with Gasteiger partial charge in [-0.05, 0) is 91.5 Å². The van der Waals surface area contributed by atoms with Crippen molar-refractivity contribution in [3.05, 3.63) is 281 Å². The highest BCUT2D eigenvalue weighted by molar-refractivity contribution is 5.98. The molecule has 0 amide bonds. The first-order valence-corrected chi connectivity index (χ1v) is 19.9. The zero-order valence-corrected chi connectivity index (χ0v) is 31.5. The molecule has 0 fully saturated rings. The van der Waals surface area contributed by atoms with E-state index < -0.39 is 10.8 Å². The minimum Gasteiger partial charge on any atom is -0.310 e. The van der Waals surface area contributed by atoms with Crippen LogP contribution in [0.4, 0.5) is 17.1 Å². The topological polar surface area (TPSA) is 3.24 Å². The summed E-state index contributed by atoms with van der Waals surface area (Å²) in [7, 11) is 0. The lowest BCUT2D eigenvalue weighted by Gasteiger charge is -2.35. The molecule has 0 heterocycles. The molecule has 0 saturated carbocycles. The van der Waals surface area contributed by atoms with Crippen LogP contribution in [-0.2, 0) is 10.8 Å². The van der Waals surface area contributed by atoms with Gasteiger partial charge in [0.2, 0.25) is 0 Å². The van der Waals surface area contributed by atoms with Gasteiger partial charge < -0.3 is 4.90 Å². The summed E-state index contributed by atoms with van der Waals surface area (Å²) in [5.41, 5.74) is 17.7. The zero-order valence-electron chi connectivity index (χ0n) is 31.5. The van der Waals surface area contributed by atoms with Crippen molar-refractivity contribution < 1.29 is 0 Å². The Kier molecular flexibility index (Phi) is 7.69. The van der Waals surface area contributed by atoms with E-state index in [1.165, 1.54) is 66.8 Å². The summed E-state index contributed by atoms with van der Waals surface area (Å²) in [6, 6.07) is 87.3. The van der Waals surface area contributed by atoms with Gasteiger partial charge in [0.1, 0.15) is 0 Å². The molecule has 2 aliphatic carbocycles. The average molecular weight is 726 g/mol. The average Bonchev–Trinajstić information content (AvgIpc) is 3.77. The molecule has 0 radical (unpaired) electrons. The fraction of sp³-hybridized carbons (Fsp3) is 0.0357. The number of para-hydroxylation sites is 1. The third-order valence-electron chi connectivity index (χ3n) is 12.4. The first-order chi connectivity index (χ1) is 28.3. The second-order valence-corrected chi connectivity index (χ2v) is 15.2. The number of rotatable bonds is 7. The molecule has 0 aliphatic heterocycles. The lowest BCUT2D eigenvalue weighted by molar-refractivity contribution is 0.768. The van der Waals surface area contributed by atoms with Gasteiger partial charge in [-0.15, -0.1) is 0 Å². The highest BCUT2D eigenvalue weighted by atomic mass is 15.1. The van der Waals surface area contributed by atoms with Crippen molar-refractivity contribution in [1.29, 1.82) is 0 Å². The Bertz CT molecular complexity index is 2800. The Morgan fingerprint density at radius 3 is 1.21 bits per heavy atom. The van der Waals surface area contributed by atoms with Gasteiger partial charge in [0, 0.05) is 16.9 Å². The number of hydrogen-bond donors (Lipinski definition) is 0. The van der Waals surface area contributed by atoms with Crippen molar-refractivity contribution in [3.8, 4) is 22.3 Å². The highest BCUT2D eigenvalue weighted by Gasteiger charge is 2.48. The Morgan fingerprint density at radius 2 is 0.667 bits per heavy atom. The Morgan fingerprint density at radius 1 is 0.263 bits per heavy atom. The van der Waals surface area contributed by atoms with Crippen molar-refractivity contribution >= 4 is 17.1 Å². The Balaban J connectivity index is 1.22. The number of hydrogen-bond acceptors (Lipinski definition) is 1. The molecule has 1 nitrogen and oxygen atoms in total. The van der Waals surface area contributed by atoms with Crippen LogP contribution in [0, 0.1) is 0 Å². The molecule has 9 aromatic rings. The third kappa shape index (κ3) is 4.76. The van der Waals surface area contributed by atoms with Crippen LogP contribution in [0.3, 0.4) is 0 Å². The number of benzene rings is 9. The molecular weight excluding hydrogens is 687 g/mol. The van der Waals surface area contributed by atoms with E-state index in [4.69, 9.17) is 0 Å². The molecular formula is C56H39N. The molecule has 0 spiro atoms. The van der Waals surface area contributed by atoms with Crippen molar-refractivity contribution in [2.75, 3.05) is 4.90 Å². The minimum absolute atomic E-state index is 0.498. The first kappa shape index (κ1) is 33.1. The summed E-state index contributed by atoms with van der Waals surface area (Å²) in [4.78, 5) is 2.49. The van der Waals surface area contributed by atoms with Crippen LogP contribution in [-0.4, -0.2) is 0 Å². The van der Waals surface area contributed by atoms with E-state index in [1.54, 1.807) is 0 Å². The van der Waals surface area contributed by atoms with Crippen molar-refractivity contribution in [2.45, 2.75) is 10.8 Å². The third-order valence-corrected chi connectivity index (χ3v) is 12.4. The van der Waals surface area contributed by atoms with E-state index >= 15 is 0 Å². The van der Waals surface area contributed by atoms with E-state index in [2.05, 4.69) is 241 Å². The van der Waals surface area contributed by atoms with Crippen LogP contribution < -0.4 is 4.90 Å². The summed E-state index contributed by atoms with van der Waals surface area (Å²) in [5, 5.41) is 0. The summed E-state index contributed by atoms with van der Waals surface area (Å²) in [5.74, 6) is 0. The van der Waals surface area contributed by atoms with E-state index in [9.17, 15) is 0 Å². The van der Waals surface area contributed by atoms with Gasteiger partial charge >= 0.3 is 0 Å². The molecule has 0 saturated heterocycles. The van der Waals surface area contributed by atoms with Gasteiger partial charge in [-0.2, -0.15) is 0 Å². The van der Waals surface area contributed by atoms with Crippen molar-refractivity contribution in [2.24, 2.45) is 0 Å². The molecule has 2 aliphatic rings. The van der Waals surface area contributed by atoms with Crippen LogP contribution in [0.2, 0.25) is 0 Å². The fourth-order valence-electron chi connectivity index (χ4n) is 10.2. The van der Waals surface area contributed by atoms with E-state index in [1.807, 2.05) is 0 Å². The lowest BCUT2D eigenvalue weighted by atomic mass is 9.67. The lowest BCUT2D eigenvalue weighted by Crippen LogP contribution is -2.29. The normalized spacial score (nSPS) is 13.9. The Hall–Kier alpha value is -7.22. The molecule has 11 rings (SSSR count). The smallest absolute Gasteiger partial charge is 0.0714 e. The van der Waals surface area contributed by atoms with Crippen LogP contribution in [0.5, 0.6) is 0 Å². The molecule has 57 heavy (non-hydrogen) atoms. The summed E-state index contributed by atoms with van der Waals surface area (Å²) >= 11 is 0. The summed E-state index contributed by atoms with van der Waals surface area (Å²) < 4.78 is 0. The predicted octanol–water partition coefficient (Wildman–Crippen LogP) is 13.9. The van der Waals surface area contributed by atoms with E-state index in [0.29, 0.717) is 0 Å².